The van der Waals surface area contributed by atoms with E-state index in [1.54, 1.807) is 6.92 Å². The Hall–Kier alpha value is -1.31. The van der Waals surface area contributed by atoms with Crippen molar-refractivity contribution in [2.75, 3.05) is 20.3 Å². The number of aliphatic hydroxyl groups excluding tert-OH is 4. The first kappa shape index (κ1) is 23.4. The second-order valence-corrected chi connectivity index (χ2v) is 7.55. The Morgan fingerprint density at radius 3 is 2.53 bits per heavy atom. The van der Waals surface area contributed by atoms with Crippen molar-refractivity contribution < 1.29 is 53.6 Å². The maximum Gasteiger partial charge on any atom is 0.337 e. The lowest BCUT2D eigenvalue weighted by Crippen LogP contribution is -2.61. The summed E-state index contributed by atoms with van der Waals surface area (Å²) in [5.74, 6) is -1.39. The summed E-state index contributed by atoms with van der Waals surface area (Å²) in [6, 6.07) is 0. The highest BCUT2D eigenvalue weighted by atomic mass is 16.8. The molecule has 0 bridgehead atoms. The van der Waals surface area contributed by atoms with Crippen molar-refractivity contribution in [3.8, 4) is 0 Å². The third-order valence-corrected chi connectivity index (χ3v) is 5.75. The van der Waals surface area contributed by atoms with E-state index in [2.05, 4.69) is 0 Å². The Labute approximate surface area is 174 Å². The molecule has 0 aromatic heterocycles. The molecule has 0 radical (unpaired) electrons. The van der Waals surface area contributed by atoms with Crippen molar-refractivity contribution >= 4 is 5.97 Å². The summed E-state index contributed by atoms with van der Waals surface area (Å²) in [6.07, 6.45) is -7.51. The van der Waals surface area contributed by atoms with Crippen LogP contribution in [-0.2, 0) is 33.2 Å². The zero-order valence-corrected chi connectivity index (χ0v) is 17.1. The van der Waals surface area contributed by atoms with Crippen LogP contribution >= 0.6 is 0 Å². The van der Waals surface area contributed by atoms with Crippen LogP contribution < -0.4 is 0 Å². The van der Waals surface area contributed by atoms with Gasteiger partial charge in [0.15, 0.2) is 12.6 Å². The first-order chi connectivity index (χ1) is 14.3. The van der Waals surface area contributed by atoms with E-state index in [4.69, 9.17) is 28.4 Å². The van der Waals surface area contributed by atoms with Crippen LogP contribution in [0.4, 0.5) is 0 Å². The number of methoxy groups -OCH3 is 1. The highest BCUT2D eigenvalue weighted by molar-refractivity contribution is 5.88. The van der Waals surface area contributed by atoms with Crippen molar-refractivity contribution in [2.24, 2.45) is 11.8 Å². The van der Waals surface area contributed by atoms with Gasteiger partial charge in [-0.25, -0.2) is 4.79 Å². The van der Waals surface area contributed by atoms with Gasteiger partial charge in [-0.3, -0.25) is 0 Å². The van der Waals surface area contributed by atoms with Crippen molar-refractivity contribution in [1.82, 2.24) is 0 Å². The number of fused-ring (bicyclic) bond motifs is 1. The van der Waals surface area contributed by atoms with Gasteiger partial charge >= 0.3 is 5.97 Å². The Balaban J connectivity index is 1.82. The molecule has 1 unspecified atom stereocenters. The van der Waals surface area contributed by atoms with E-state index in [1.807, 2.05) is 6.92 Å². The van der Waals surface area contributed by atoms with Crippen LogP contribution in [0.3, 0.4) is 0 Å². The highest BCUT2D eigenvalue weighted by Crippen LogP contribution is 2.43. The third-order valence-electron chi connectivity index (χ3n) is 5.75. The number of esters is 1. The minimum atomic E-state index is -1.58. The largest absolute Gasteiger partial charge is 0.471 e. The molecule has 2 fully saturated rings. The van der Waals surface area contributed by atoms with Gasteiger partial charge in [0.25, 0.3) is 0 Å². The number of aliphatic hydroxyl groups is 4. The molecule has 3 rings (SSSR count). The topological polar surface area (TPSA) is 153 Å². The van der Waals surface area contributed by atoms with Crippen molar-refractivity contribution in [1.29, 1.82) is 0 Å². The molecule has 172 valence electrons. The molecule has 10 atom stereocenters. The van der Waals surface area contributed by atoms with Crippen LogP contribution in [0.1, 0.15) is 20.3 Å². The molecule has 30 heavy (non-hydrogen) atoms. The zero-order chi connectivity index (χ0) is 22.0. The van der Waals surface area contributed by atoms with Gasteiger partial charge in [-0.05, 0) is 13.8 Å². The number of carbonyl (C=O) groups excluding carboxylic acids is 1. The van der Waals surface area contributed by atoms with E-state index < -0.39 is 67.9 Å². The second kappa shape index (κ2) is 9.88. The first-order valence-electron chi connectivity index (χ1n) is 9.99. The molecule has 0 aromatic carbocycles. The Bertz CT molecular complexity index is 624. The zero-order valence-electron chi connectivity index (χ0n) is 17.1. The van der Waals surface area contributed by atoms with Gasteiger partial charge in [0.2, 0.25) is 6.29 Å². The molecule has 2 saturated heterocycles. The molecule has 0 amide bonds. The molecule has 0 spiro atoms. The van der Waals surface area contributed by atoms with E-state index in [9.17, 15) is 25.2 Å². The first-order valence-corrected chi connectivity index (χ1v) is 9.99. The van der Waals surface area contributed by atoms with Gasteiger partial charge < -0.3 is 48.8 Å². The average Bonchev–Trinajstić information content (AvgIpc) is 2.73. The SMILES string of the molecule is CCO[C@@H]1C[C@@H]2C(C(=O)OC)=CO[C@@H](O[C@@H]3O[C@H](CO)[C@@H](O)[C@H](O)[C@H]3O)C2[C@H](C)O1. The molecule has 11 nitrogen and oxygen atoms in total. The highest BCUT2D eigenvalue weighted by Gasteiger charge is 2.51. The predicted octanol–water partition coefficient (Wildman–Crippen LogP) is -1.38. The van der Waals surface area contributed by atoms with Crippen molar-refractivity contribution in [3.63, 3.8) is 0 Å². The molecule has 11 heteroatoms. The average molecular weight is 434 g/mol. The van der Waals surface area contributed by atoms with Gasteiger partial charge in [0.05, 0.1) is 37.6 Å². The minimum absolute atomic E-state index is 0.316. The molecule has 3 heterocycles. The van der Waals surface area contributed by atoms with Crippen LogP contribution in [0, 0.1) is 11.8 Å². The summed E-state index contributed by atoms with van der Waals surface area (Å²) in [5.41, 5.74) is 0.316. The van der Waals surface area contributed by atoms with Crippen molar-refractivity contribution in [2.45, 2.75) is 69.7 Å². The van der Waals surface area contributed by atoms with Gasteiger partial charge in [0.1, 0.15) is 24.4 Å². The number of rotatable bonds is 6. The van der Waals surface area contributed by atoms with Crippen LogP contribution in [0.25, 0.3) is 0 Å². The Morgan fingerprint density at radius 1 is 1.17 bits per heavy atom. The summed E-state index contributed by atoms with van der Waals surface area (Å²) in [5, 5.41) is 39.6. The third kappa shape index (κ3) is 4.48. The van der Waals surface area contributed by atoms with E-state index in [-0.39, 0.29) is 5.92 Å². The fraction of sp³-hybridized carbons (Fsp3) is 0.842. The second-order valence-electron chi connectivity index (χ2n) is 7.55. The quantitative estimate of drug-likeness (QED) is 0.366. The van der Waals surface area contributed by atoms with Crippen molar-refractivity contribution in [3.05, 3.63) is 11.8 Å². The molecular weight excluding hydrogens is 404 g/mol. The maximum absolute atomic E-state index is 12.3. The number of ether oxygens (including phenoxy) is 6. The monoisotopic (exact) mass is 434 g/mol. The summed E-state index contributed by atoms with van der Waals surface area (Å²) in [6.45, 7) is 3.49. The van der Waals surface area contributed by atoms with E-state index in [0.717, 1.165) is 0 Å². The number of hydrogen-bond donors (Lipinski definition) is 4. The van der Waals surface area contributed by atoms with Crippen LogP contribution in [-0.4, -0.2) is 96.1 Å². The van der Waals surface area contributed by atoms with Gasteiger partial charge in [-0.1, -0.05) is 0 Å². The lowest BCUT2D eigenvalue weighted by Gasteiger charge is -2.47. The molecule has 3 aliphatic rings. The molecule has 0 aliphatic carbocycles. The van der Waals surface area contributed by atoms with Gasteiger partial charge in [0, 0.05) is 18.9 Å². The Kier molecular flexibility index (Phi) is 7.69. The summed E-state index contributed by atoms with van der Waals surface area (Å²) >= 11 is 0. The number of hydrogen-bond acceptors (Lipinski definition) is 11. The lowest BCUT2D eigenvalue weighted by atomic mass is 9.77. The smallest absolute Gasteiger partial charge is 0.337 e. The normalized spacial score (nSPS) is 43.9. The molecule has 3 aliphatic heterocycles. The van der Waals surface area contributed by atoms with E-state index in [1.165, 1.54) is 13.4 Å². The standard InChI is InChI=1S/C19H30O11/c1-4-26-12-5-9-10(17(24)25-3)7-27-18(13(9)8(2)28-12)30-19-16(23)15(22)14(21)11(6-20)29-19/h7-9,11-16,18-23H,4-6H2,1-3H3/t8-,9+,11+,12-,13?,14+,15-,16+,18-,19-/m0/s1. The molecule has 4 N–H and O–H groups in total. The molecule has 0 aromatic rings. The molecular formula is C19H30O11. The Morgan fingerprint density at radius 2 is 1.90 bits per heavy atom. The maximum atomic E-state index is 12.3. The summed E-state index contributed by atoms with van der Waals surface area (Å²) in [4.78, 5) is 12.3. The van der Waals surface area contributed by atoms with Gasteiger partial charge in [-0.15, -0.1) is 0 Å². The van der Waals surface area contributed by atoms with E-state index in [0.29, 0.717) is 18.6 Å². The predicted molar refractivity (Wildman–Crippen MR) is 97.4 cm³/mol. The van der Waals surface area contributed by atoms with Crippen LogP contribution in [0.2, 0.25) is 0 Å². The van der Waals surface area contributed by atoms with Crippen LogP contribution in [0.5, 0.6) is 0 Å². The summed E-state index contributed by atoms with van der Waals surface area (Å²) < 4.78 is 33.2. The minimum Gasteiger partial charge on any atom is -0.471 e. The fourth-order valence-corrected chi connectivity index (χ4v) is 4.19. The summed E-state index contributed by atoms with van der Waals surface area (Å²) in [7, 11) is 1.28. The van der Waals surface area contributed by atoms with E-state index >= 15 is 0 Å². The fourth-order valence-electron chi connectivity index (χ4n) is 4.19. The molecule has 0 saturated carbocycles. The van der Waals surface area contributed by atoms with Gasteiger partial charge in [-0.2, -0.15) is 0 Å². The number of carbonyl (C=O) groups is 1. The lowest BCUT2D eigenvalue weighted by molar-refractivity contribution is -0.353. The van der Waals surface area contributed by atoms with Crippen LogP contribution in [0.15, 0.2) is 11.8 Å².